The Morgan fingerprint density at radius 1 is 1.30 bits per heavy atom. The van der Waals surface area contributed by atoms with Gasteiger partial charge in [-0.05, 0) is 32.3 Å². The number of rotatable bonds is 5. The van der Waals surface area contributed by atoms with Crippen molar-refractivity contribution in [2.45, 2.75) is 39.2 Å². The van der Waals surface area contributed by atoms with E-state index in [1.807, 2.05) is 37.3 Å². The van der Waals surface area contributed by atoms with Crippen molar-refractivity contribution in [3.8, 4) is 0 Å². The van der Waals surface area contributed by atoms with Gasteiger partial charge in [-0.2, -0.15) is 0 Å². The van der Waals surface area contributed by atoms with Crippen LogP contribution < -0.4 is 5.32 Å². The lowest BCUT2D eigenvalue weighted by Gasteiger charge is -2.38. The first-order valence-corrected chi connectivity index (χ1v) is 7.13. The number of hydrogen-bond acceptors (Lipinski definition) is 3. The van der Waals surface area contributed by atoms with Crippen LogP contribution in [0.2, 0.25) is 0 Å². The third-order valence-electron chi connectivity index (χ3n) is 3.96. The normalized spacial score (nSPS) is 17.7. The van der Waals surface area contributed by atoms with Gasteiger partial charge < -0.3 is 10.1 Å². The molecule has 2 rings (SSSR count). The molecule has 1 amide bonds. The fraction of sp³-hybridized carbons (Fsp3) is 0.500. The molecule has 0 saturated heterocycles. The van der Waals surface area contributed by atoms with Crippen LogP contribution in [0.1, 0.15) is 44.7 Å². The van der Waals surface area contributed by atoms with Gasteiger partial charge in [0.1, 0.15) is 5.41 Å². The molecular weight excluding hydrogens is 254 g/mol. The third kappa shape index (κ3) is 2.69. The maximum absolute atomic E-state index is 12.4. The predicted molar refractivity (Wildman–Crippen MR) is 75.9 cm³/mol. The number of hydrogen-bond donors (Lipinski definition) is 1. The zero-order chi connectivity index (χ0) is 14.6. The van der Waals surface area contributed by atoms with Crippen molar-refractivity contribution >= 4 is 11.9 Å². The largest absolute Gasteiger partial charge is 0.465 e. The molecule has 0 spiro atoms. The molecule has 1 N–H and O–H groups in total. The van der Waals surface area contributed by atoms with Crippen molar-refractivity contribution in [2.75, 3.05) is 6.61 Å². The highest BCUT2D eigenvalue weighted by molar-refractivity contribution is 6.03. The number of nitrogens with one attached hydrogen (secondary N) is 1. The Kier molecular flexibility index (Phi) is 4.42. The lowest BCUT2D eigenvalue weighted by molar-refractivity contribution is -0.167. The molecule has 0 bridgehead atoms. The van der Waals surface area contributed by atoms with Crippen LogP contribution in [0.5, 0.6) is 0 Å². The Morgan fingerprint density at radius 3 is 2.45 bits per heavy atom. The molecular formula is C16H21NO3. The molecule has 0 aromatic heterocycles. The Labute approximate surface area is 119 Å². The maximum atomic E-state index is 12.4. The Hall–Kier alpha value is -1.84. The van der Waals surface area contributed by atoms with Crippen LogP contribution in [-0.4, -0.2) is 18.5 Å². The minimum atomic E-state index is -0.959. The second-order valence-corrected chi connectivity index (χ2v) is 5.26. The molecule has 1 unspecified atom stereocenters. The summed E-state index contributed by atoms with van der Waals surface area (Å²) in [4.78, 5) is 24.5. The van der Waals surface area contributed by atoms with Crippen molar-refractivity contribution in [1.29, 1.82) is 0 Å². The van der Waals surface area contributed by atoms with Crippen LogP contribution in [0.4, 0.5) is 0 Å². The summed E-state index contributed by atoms with van der Waals surface area (Å²) in [6.07, 6.45) is 2.06. The first-order chi connectivity index (χ1) is 9.60. The van der Waals surface area contributed by atoms with E-state index in [-0.39, 0.29) is 17.9 Å². The fourth-order valence-corrected chi connectivity index (χ4v) is 2.48. The fourth-order valence-electron chi connectivity index (χ4n) is 2.48. The summed E-state index contributed by atoms with van der Waals surface area (Å²) in [5.74, 6) is -0.595. The van der Waals surface area contributed by atoms with Gasteiger partial charge in [-0.15, -0.1) is 0 Å². The molecule has 1 aliphatic rings. The number of esters is 1. The van der Waals surface area contributed by atoms with Gasteiger partial charge in [0.25, 0.3) is 0 Å². The predicted octanol–water partition coefficient (Wildman–Crippen LogP) is 2.60. The third-order valence-corrected chi connectivity index (χ3v) is 3.96. The summed E-state index contributed by atoms with van der Waals surface area (Å²) >= 11 is 0. The highest BCUT2D eigenvalue weighted by atomic mass is 16.5. The van der Waals surface area contributed by atoms with E-state index in [9.17, 15) is 9.59 Å². The number of benzene rings is 1. The van der Waals surface area contributed by atoms with Gasteiger partial charge in [0.2, 0.25) is 5.91 Å². The Bertz CT molecular complexity index is 480. The molecule has 4 heteroatoms. The molecule has 4 nitrogen and oxygen atoms in total. The second kappa shape index (κ2) is 6.07. The Balaban J connectivity index is 2.05. The summed E-state index contributed by atoms with van der Waals surface area (Å²) in [7, 11) is 0. The summed E-state index contributed by atoms with van der Waals surface area (Å²) < 4.78 is 5.06. The van der Waals surface area contributed by atoms with Crippen LogP contribution in [0, 0.1) is 5.41 Å². The van der Waals surface area contributed by atoms with E-state index in [1.54, 1.807) is 6.92 Å². The molecule has 1 saturated carbocycles. The summed E-state index contributed by atoms with van der Waals surface area (Å²) in [5.41, 5.74) is 0.0677. The maximum Gasteiger partial charge on any atom is 0.321 e. The van der Waals surface area contributed by atoms with E-state index in [2.05, 4.69) is 5.32 Å². The average molecular weight is 275 g/mol. The van der Waals surface area contributed by atoms with Gasteiger partial charge in [-0.3, -0.25) is 9.59 Å². The van der Waals surface area contributed by atoms with Crippen LogP contribution >= 0.6 is 0 Å². The average Bonchev–Trinajstić information content (AvgIpc) is 2.38. The molecule has 0 radical (unpaired) electrons. The van der Waals surface area contributed by atoms with Crippen molar-refractivity contribution in [1.82, 2.24) is 5.32 Å². The van der Waals surface area contributed by atoms with Gasteiger partial charge in [0.05, 0.1) is 12.6 Å². The molecule has 1 aromatic carbocycles. The minimum absolute atomic E-state index is 0.115. The number of carbonyl (C=O) groups is 2. The van der Waals surface area contributed by atoms with E-state index < -0.39 is 5.41 Å². The van der Waals surface area contributed by atoms with Gasteiger partial charge in [0, 0.05) is 0 Å². The lowest BCUT2D eigenvalue weighted by Crippen LogP contribution is -2.52. The zero-order valence-corrected chi connectivity index (χ0v) is 12.0. The van der Waals surface area contributed by atoms with Crippen LogP contribution in [-0.2, 0) is 14.3 Å². The number of ether oxygens (including phenoxy) is 1. The van der Waals surface area contributed by atoms with E-state index in [0.29, 0.717) is 19.4 Å². The van der Waals surface area contributed by atoms with Gasteiger partial charge in [-0.25, -0.2) is 0 Å². The highest BCUT2D eigenvalue weighted by Gasteiger charge is 2.52. The second-order valence-electron chi connectivity index (χ2n) is 5.26. The molecule has 108 valence electrons. The smallest absolute Gasteiger partial charge is 0.321 e. The van der Waals surface area contributed by atoms with E-state index in [4.69, 9.17) is 4.74 Å². The molecule has 0 heterocycles. The van der Waals surface area contributed by atoms with Crippen molar-refractivity contribution in [3.63, 3.8) is 0 Å². The quantitative estimate of drug-likeness (QED) is 0.664. The molecule has 1 aromatic rings. The monoisotopic (exact) mass is 275 g/mol. The van der Waals surface area contributed by atoms with Gasteiger partial charge in [0.15, 0.2) is 0 Å². The zero-order valence-electron chi connectivity index (χ0n) is 12.0. The standard InChI is InChI=1S/C16H21NO3/c1-3-20-15(19)16(10-7-11-16)14(18)17-12(2)13-8-5-4-6-9-13/h4-6,8-9,12H,3,7,10-11H2,1-2H3,(H,17,18). The molecule has 1 atom stereocenters. The molecule has 0 aliphatic heterocycles. The first kappa shape index (κ1) is 14.6. The summed E-state index contributed by atoms with van der Waals surface area (Å²) in [6, 6.07) is 9.61. The molecule has 1 aliphatic carbocycles. The summed E-state index contributed by atoms with van der Waals surface area (Å²) in [5, 5.41) is 2.94. The topological polar surface area (TPSA) is 55.4 Å². The van der Waals surface area contributed by atoms with Crippen LogP contribution in [0.25, 0.3) is 0 Å². The van der Waals surface area contributed by atoms with Gasteiger partial charge in [-0.1, -0.05) is 36.8 Å². The lowest BCUT2D eigenvalue weighted by atomic mass is 9.68. The SMILES string of the molecule is CCOC(=O)C1(C(=O)NC(C)c2ccccc2)CCC1. The molecule has 20 heavy (non-hydrogen) atoms. The number of amides is 1. The van der Waals surface area contributed by atoms with Crippen molar-refractivity contribution in [2.24, 2.45) is 5.41 Å². The van der Waals surface area contributed by atoms with Gasteiger partial charge >= 0.3 is 5.97 Å². The van der Waals surface area contributed by atoms with Crippen LogP contribution in [0.15, 0.2) is 30.3 Å². The van der Waals surface area contributed by atoms with Crippen LogP contribution in [0.3, 0.4) is 0 Å². The first-order valence-electron chi connectivity index (χ1n) is 7.13. The van der Waals surface area contributed by atoms with Crippen molar-refractivity contribution in [3.05, 3.63) is 35.9 Å². The Morgan fingerprint density at radius 2 is 1.95 bits per heavy atom. The van der Waals surface area contributed by atoms with Crippen molar-refractivity contribution < 1.29 is 14.3 Å². The highest BCUT2D eigenvalue weighted by Crippen LogP contribution is 2.42. The molecule has 1 fully saturated rings. The minimum Gasteiger partial charge on any atom is -0.465 e. The van der Waals surface area contributed by atoms with E-state index in [1.165, 1.54) is 0 Å². The van der Waals surface area contributed by atoms with E-state index >= 15 is 0 Å². The number of carbonyl (C=O) groups excluding carboxylic acids is 2. The van der Waals surface area contributed by atoms with E-state index in [0.717, 1.165) is 12.0 Å². The summed E-state index contributed by atoms with van der Waals surface area (Å²) in [6.45, 7) is 3.99.